The summed E-state index contributed by atoms with van der Waals surface area (Å²) in [6, 6.07) is 7.46. The van der Waals surface area contributed by atoms with Gasteiger partial charge in [0, 0.05) is 24.5 Å². The summed E-state index contributed by atoms with van der Waals surface area (Å²) in [6.45, 7) is 4.23. The minimum atomic E-state index is -0.167. The third kappa shape index (κ3) is 3.61. The summed E-state index contributed by atoms with van der Waals surface area (Å²) in [6.07, 6.45) is 2.97. The molecule has 1 aliphatic rings. The molecular formula is C20H24N2O2S. The number of carbonyl (C=O) groups excluding carboxylic acids is 2. The fourth-order valence-electron chi connectivity index (χ4n) is 3.17. The lowest BCUT2D eigenvalue weighted by molar-refractivity contribution is 0.0827. The van der Waals surface area contributed by atoms with E-state index in [0.29, 0.717) is 22.0 Å². The van der Waals surface area contributed by atoms with Crippen LogP contribution in [0.1, 0.15) is 50.1 Å². The van der Waals surface area contributed by atoms with Crippen molar-refractivity contribution in [2.45, 2.75) is 33.1 Å². The van der Waals surface area contributed by atoms with E-state index in [1.54, 1.807) is 30.3 Å². The summed E-state index contributed by atoms with van der Waals surface area (Å²) in [7, 11) is 3.51. The lowest BCUT2D eigenvalue weighted by Crippen LogP contribution is -2.25. The van der Waals surface area contributed by atoms with Crippen molar-refractivity contribution < 1.29 is 9.59 Å². The number of nitrogens with zero attached hydrogens (tertiary/aromatic N) is 1. The summed E-state index contributed by atoms with van der Waals surface area (Å²) in [5.41, 5.74) is 3.52. The van der Waals surface area contributed by atoms with Gasteiger partial charge in [0.25, 0.3) is 11.8 Å². The first-order chi connectivity index (χ1) is 11.9. The number of fused-ring (bicyclic) bond motifs is 1. The highest BCUT2D eigenvalue weighted by Crippen LogP contribution is 2.40. The van der Waals surface area contributed by atoms with Crippen LogP contribution in [-0.4, -0.2) is 30.8 Å². The second-order valence-electron chi connectivity index (χ2n) is 7.08. The minimum absolute atomic E-state index is 0.0359. The number of amides is 2. The van der Waals surface area contributed by atoms with Crippen molar-refractivity contribution in [1.82, 2.24) is 4.90 Å². The van der Waals surface area contributed by atoms with Gasteiger partial charge in [-0.3, -0.25) is 9.59 Å². The summed E-state index contributed by atoms with van der Waals surface area (Å²) in [5, 5.41) is 3.67. The average Bonchev–Trinajstić information content (AvgIpc) is 2.91. The molecule has 0 fully saturated rings. The average molecular weight is 356 g/mol. The summed E-state index contributed by atoms with van der Waals surface area (Å²) >= 11 is 1.56. The maximum atomic E-state index is 12.7. The van der Waals surface area contributed by atoms with Crippen LogP contribution in [-0.2, 0) is 12.8 Å². The van der Waals surface area contributed by atoms with Gasteiger partial charge in [0.2, 0.25) is 0 Å². The Hall–Kier alpha value is -2.14. The van der Waals surface area contributed by atoms with Crippen LogP contribution in [0.3, 0.4) is 0 Å². The van der Waals surface area contributed by atoms with E-state index in [1.807, 2.05) is 31.2 Å². The SMILES string of the molecule is Cc1ccc(C(=O)Nc2sc3c(c2C(=O)N(C)C)CC[C@H](C)C3)cc1. The van der Waals surface area contributed by atoms with Gasteiger partial charge >= 0.3 is 0 Å². The van der Waals surface area contributed by atoms with E-state index in [0.717, 1.165) is 30.4 Å². The molecule has 4 nitrogen and oxygen atoms in total. The van der Waals surface area contributed by atoms with E-state index in [-0.39, 0.29) is 11.8 Å². The van der Waals surface area contributed by atoms with Crippen molar-refractivity contribution >= 4 is 28.2 Å². The van der Waals surface area contributed by atoms with Crippen molar-refractivity contribution in [3.05, 3.63) is 51.4 Å². The highest BCUT2D eigenvalue weighted by Gasteiger charge is 2.29. The van der Waals surface area contributed by atoms with Crippen LogP contribution in [0.2, 0.25) is 0 Å². The Morgan fingerprint density at radius 3 is 2.52 bits per heavy atom. The Morgan fingerprint density at radius 1 is 1.20 bits per heavy atom. The molecule has 2 aromatic rings. The van der Waals surface area contributed by atoms with Crippen LogP contribution in [0.4, 0.5) is 5.00 Å². The molecule has 1 aromatic heterocycles. The van der Waals surface area contributed by atoms with Gasteiger partial charge in [0.15, 0.2) is 0 Å². The van der Waals surface area contributed by atoms with Gasteiger partial charge in [0.1, 0.15) is 5.00 Å². The number of nitrogens with one attached hydrogen (secondary N) is 1. The van der Waals surface area contributed by atoms with Crippen LogP contribution in [0.25, 0.3) is 0 Å². The van der Waals surface area contributed by atoms with Crippen LogP contribution in [0.5, 0.6) is 0 Å². The summed E-state index contributed by atoms with van der Waals surface area (Å²) in [4.78, 5) is 28.2. The van der Waals surface area contributed by atoms with E-state index in [2.05, 4.69) is 12.2 Å². The lowest BCUT2D eigenvalue weighted by Gasteiger charge is -2.19. The van der Waals surface area contributed by atoms with Crippen molar-refractivity contribution in [2.24, 2.45) is 5.92 Å². The highest BCUT2D eigenvalue weighted by molar-refractivity contribution is 7.17. The Labute approximate surface area is 152 Å². The van der Waals surface area contributed by atoms with Gasteiger partial charge in [-0.25, -0.2) is 0 Å². The van der Waals surface area contributed by atoms with E-state index in [4.69, 9.17) is 0 Å². The zero-order chi connectivity index (χ0) is 18.1. The zero-order valence-electron chi connectivity index (χ0n) is 15.2. The van der Waals surface area contributed by atoms with Crippen LogP contribution >= 0.6 is 11.3 Å². The Morgan fingerprint density at radius 2 is 1.88 bits per heavy atom. The molecule has 1 heterocycles. The standard InChI is InChI=1S/C20H24N2O2S/c1-12-5-8-14(9-6-12)18(23)21-19-17(20(24)22(3)4)15-10-7-13(2)11-16(15)25-19/h5-6,8-9,13H,7,10-11H2,1-4H3,(H,21,23)/t13-/m0/s1. The Bertz CT molecular complexity index is 806. The predicted octanol–water partition coefficient (Wildman–Crippen LogP) is 4.14. The third-order valence-corrected chi connectivity index (χ3v) is 5.84. The maximum absolute atomic E-state index is 12.7. The molecular weight excluding hydrogens is 332 g/mol. The quantitative estimate of drug-likeness (QED) is 0.899. The van der Waals surface area contributed by atoms with E-state index >= 15 is 0 Å². The van der Waals surface area contributed by atoms with E-state index in [9.17, 15) is 9.59 Å². The van der Waals surface area contributed by atoms with Gasteiger partial charge < -0.3 is 10.2 Å². The second-order valence-corrected chi connectivity index (χ2v) is 8.18. The number of hydrogen-bond acceptors (Lipinski definition) is 3. The van der Waals surface area contributed by atoms with Crippen LogP contribution in [0.15, 0.2) is 24.3 Å². The van der Waals surface area contributed by atoms with Gasteiger partial charge in [-0.1, -0.05) is 24.6 Å². The van der Waals surface area contributed by atoms with Gasteiger partial charge in [-0.05, 0) is 49.8 Å². The number of rotatable bonds is 3. The molecule has 0 unspecified atom stereocenters. The first kappa shape index (κ1) is 17.7. The molecule has 1 atom stereocenters. The van der Waals surface area contributed by atoms with E-state index in [1.165, 1.54) is 4.88 Å². The largest absolute Gasteiger partial charge is 0.345 e. The Kier molecular flexibility index (Phi) is 4.95. The maximum Gasteiger partial charge on any atom is 0.256 e. The normalized spacial score (nSPS) is 16.2. The van der Waals surface area contributed by atoms with Crippen molar-refractivity contribution in [3.8, 4) is 0 Å². The van der Waals surface area contributed by atoms with Crippen LogP contribution < -0.4 is 5.32 Å². The molecule has 1 aromatic carbocycles. The van der Waals surface area contributed by atoms with Crippen LogP contribution in [0, 0.1) is 12.8 Å². The molecule has 3 rings (SSSR count). The van der Waals surface area contributed by atoms with Crippen molar-refractivity contribution in [3.63, 3.8) is 0 Å². The molecule has 5 heteroatoms. The van der Waals surface area contributed by atoms with Crippen molar-refractivity contribution in [1.29, 1.82) is 0 Å². The molecule has 1 N–H and O–H groups in total. The molecule has 0 spiro atoms. The number of carbonyl (C=O) groups is 2. The number of benzene rings is 1. The molecule has 2 amide bonds. The summed E-state index contributed by atoms with van der Waals surface area (Å²) < 4.78 is 0. The monoisotopic (exact) mass is 356 g/mol. The van der Waals surface area contributed by atoms with Gasteiger partial charge in [0.05, 0.1) is 5.56 Å². The Balaban J connectivity index is 1.96. The second kappa shape index (κ2) is 7.00. The molecule has 0 saturated heterocycles. The number of thiophene rings is 1. The smallest absolute Gasteiger partial charge is 0.256 e. The first-order valence-corrected chi connectivity index (χ1v) is 9.42. The summed E-state index contributed by atoms with van der Waals surface area (Å²) in [5.74, 6) is 0.416. The molecule has 132 valence electrons. The minimum Gasteiger partial charge on any atom is -0.345 e. The third-order valence-electron chi connectivity index (χ3n) is 4.67. The van der Waals surface area contributed by atoms with Gasteiger partial charge in [-0.15, -0.1) is 11.3 Å². The fourth-order valence-corrected chi connectivity index (χ4v) is 4.57. The number of hydrogen-bond donors (Lipinski definition) is 1. The topological polar surface area (TPSA) is 49.4 Å². The lowest BCUT2D eigenvalue weighted by atomic mass is 9.88. The molecule has 0 aliphatic heterocycles. The first-order valence-electron chi connectivity index (χ1n) is 8.61. The van der Waals surface area contributed by atoms with Gasteiger partial charge in [-0.2, -0.15) is 0 Å². The molecule has 0 bridgehead atoms. The van der Waals surface area contributed by atoms with Crippen molar-refractivity contribution in [2.75, 3.05) is 19.4 Å². The molecule has 1 aliphatic carbocycles. The number of anilines is 1. The zero-order valence-corrected chi connectivity index (χ0v) is 16.0. The van der Waals surface area contributed by atoms with E-state index < -0.39 is 0 Å². The molecule has 0 saturated carbocycles. The predicted molar refractivity (Wildman–Crippen MR) is 103 cm³/mol. The number of aryl methyl sites for hydroxylation is 1. The molecule has 25 heavy (non-hydrogen) atoms. The molecule has 0 radical (unpaired) electrons. The fraction of sp³-hybridized carbons (Fsp3) is 0.400. The highest BCUT2D eigenvalue weighted by atomic mass is 32.1.